The van der Waals surface area contributed by atoms with Crippen LogP contribution in [0.25, 0.3) is 11.0 Å². The predicted octanol–water partition coefficient (Wildman–Crippen LogP) is 2.61. The highest BCUT2D eigenvalue weighted by Crippen LogP contribution is 2.44. The molecule has 0 bridgehead atoms. The minimum atomic E-state index is -1.65. The van der Waals surface area contributed by atoms with Crippen LogP contribution >= 0.6 is 0 Å². The molecule has 1 radical (unpaired) electrons. The molecule has 5 rings (SSSR count). The van der Waals surface area contributed by atoms with Gasteiger partial charge in [0.05, 0.1) is 22.9 Å². The van der Waals surface area contributed by atoms with Crippen LogP contribution in [-0.4, -0.2) is 26.0 Å². The molecule has 2 N–H and O–H groups in total. The van der Waals surface area contributed by atoms with Crippen LogP contribution < -0.4 is 4.90 Å². The Morgan fingerprint density at radius 1 is 1.12 bits per heavy atom. The number of aliphatic hydroxyl groups is 1. The van der Waals surface area contributed by atoms with Crippen LogP contribution in [0.2, 0.25) is 0 Å². The van der Waals surface area contributed by atoms with Crippen molar-refractivity contribution in [2.45, 2.75) is 5.72 Å². The van der Waals surface area contributed by atoms with Gasteiger partial charge in [-0.2, -0.15) is 0 Å². The Bertz CT molecular complexity index is 1140. The molecule has 3 heterocycles. The van der Waals surface area contributed by atoms with Gasteiger partial charge < -0.3 is 10.1 Å². The largest absolute Gasteiger partial charge is 0.363 e. The van der Waals surface area contributed by atoms with Crippen molar-refractivity contribution in [1.82, 2.24) is 15.0 Å². The molecule has 0 spiro atoms. The van der Waals surface area contributed by atoms with E-state index in [4.69, 9.17) is 0 Å². The number of imidazole rings is 1. The van der Waals surface area contributed by atoms with E-state index in [0.717, 1.165) is 5.52 Å². The number of H-pyrrole nitrogens is 1. The topological polar surface area (TPSA) is 82.1 Å². The maximum Gasteiger partial charge on any atom is 0.261 e. The van der Waals surface area contributed by atoms with Gasteiger partial charge in [0, 0.05) is 22.9 Å². The van der Waals surface area contributed by atoms with Gasteiger partial charge in [-0.1, -0.05) is 24.3 Å². The number of aromatic nitrogens is 3. The van der Waals surface area contributed by atoms with Crippen LogP contribution in [0, 0.1) is 6.33 Å². The fourth-order valence-corrected chi connectivity index (χ4v) is 3.53. The van der Waals surface area contributed by atoms with Crippen molar-refractivity contribution in [3.63, 3.8) is 0 Å². The van der Waals surface area contributed by atoms with Gasteiger partial charge in [-0.15, -0.1) is 0 Å². The Labute approximate surface area is 148 Å². The lowest BCUT2D eigenvalue weighted by molar-refractivity contribution is 0.0703. The molecule has 2 aromatic carbocycles. The van der Waals surface area contributed by atoms with E-state index in [0.29, 0.717) is 27.9 Å². The van der Waals surface area contributed by atoms with Crippen LogP contribution in [0.3, 0.4) is 0 Å². The molecule has 1 amide bonds. The summed E-state index contributed by atoms with van der Waals surface area (Å²) in [4.78, 5) is 25.6. The second kappa shape index (κ2) is 5.24. The lowest BCUT2D eigenvalue weighted by Crippen LogP contribution is -2.45. The Balaban J connectivity index is 1.80. The summed E-state index contributed by atoms with van der Waals surface area (Å²) in [6.45, 7) is 0. The summed E-state index contributed by atoms with van der Waals surface area (Å²) in [5.41, 5.74) is 1.89. The Kier molecular flexibility index (Phi) is 2.98. The minimum absolute atomic E-state index is 0.273. The molecule has 26 heavy (non-hydrogen) atoms. The number of aromatic amines is 1. The molecule has 1 aliphatic heterocycles. The number of pyridine rings is 1. The number of anilines is 1. The summed E-state index contributed by atoms with van der Waals surface area (Å²) >= 11 is 0. The van der Waals surface area contributed by atoms with E-state index < -0.39 is 5.72 Å². The quantitative estimate of drug-likeness (QED) is 0.587. The summed E-state index contributed by atoms with van der Waals surface area (Å²) in [6, 6.07) is 15.9. The smallest absolute Gasteiger partial charge is 0.261 e. The third-order valence-corrected chi connectivity index (χ3v) is 4.73. The molecular formula is C20H13N4O2. The SMILES string of the molecule is O=C1c2ccccc2C(O)(c2ccc3[nH][c]nc3c2)N1c1cccnc1. The van der Waals surface area contributed by atoms with Gasteiger partial charge in [-0.05, 0) is 30.3 Å². The zero-order chi connectivity index (χ0) is 17.7. The van der Waals surface area contributed by atoms with Crippen molar-refractivity contribution in [2.24, 2.45) is 0 Å². The van der Waals surface area contributed by atoms with Crippen molar-refractivity contribution in [2.75, 3.05) is 4.90 Å². The second-order valence-corrected chi connectivity index (χ2v) is 6.15. The molecule has 2 aromatic heterocycles. The second-order valence-electron chi connectivity index (χ2n) is 6.15. The Morgan fingerprint density at radius 3 is 2.85 bits per heavy atom. The highest BCUT2D eigenvalue weighted by atomic mass is 16.3. The fraction of sp³-hybridized carbons (Fsp3) is 0.0500. The van der Waals surface area contributed by atoms with Crippen molar-refractivity contribution in [3.05, 3.63) is 90.0 Å². The standard InChI is InChI=1S/C20H13N4O2/c25-19-15-5-1-2-6-16(15)20(26,24(19)14-4-3-9-21-11-14)13-7-8-17-18(10-13)23-12-22-17/h1-11,26H,(H,22,23). The van der Waals surface area contributed by atoms with Crippen molar-refractivity contribution < 1.29 is 9.90 Å². The van der Waals surface area contributed by atoms with Gasteiger partial charge in [0.15, 0.2) is 12.1 Å². The summed E-state index contributed by atoms with van der Waals surface area (Å²) in [6.07, 6.45) is 5.88. The average molecular weight is 341 g/mol. The highest BCUT2D eigenvalue weighted by molar-refractivity contribution is 6.12. The number of carbonyl (C=O) groups excluding carboxylic acids is 1. The molecule has 6 nitrogen and oxygen atoms in total. The molecule has 0 saturated heterocycles. The Hall–Kier alpha value is -3.51. The van der Waals surface area contributed by atoms with Crippen molar-refractivity contribution >= 4 is 22.6 Å². The van der Waals surface area contributed by atoms with Crippen molar-refractivity contribution in [1.29, 1.82) is 0 Å². The first-order valence-corrected chi connectivity index (χ1v) is 8.12. The predicted molar refractivity (Wildman–Crippen MR) is 95.4 cm³/mol. The first kappa shape index (κ1) is 14.8. The van der Waals surface area contributed by atoms with Gasteiger partial charge >= 0.3 is 0 Å². The number of hydrogen-bond donors (Lipinski definition) is 2. The first-order valence-electron chi connectivity index (χ1n) is 8.12. The third-order valence-electron chi connectivity index (χ3n) is 4.73. The third kappa shape index (κ3) is 1.87. The van der Waals surface area contributed by atoms with Crippen LogP contribution in [-0.2, 0) is 5.72 Å². The lowest BCUT2D eigenvalue weighted by atomic mass is 9.93. The van der Waals surface area contributed by atoms with Gasteiger partial charge in [0.25, 0.3) is 5.91 Å². The monoisotopic (exact) mass is 341 g/mol. The number of benzene rings is 2. The molecular weight excluding hydrogens is 328 g/mol. The van der Waals surface area contributed by atoms with Gasteiger partial charge in [0.2, 0.25) is 0 Å². The van der Waals surface area contributed by atoms with E-state index in [1.54, 1.807) is 54.9 Å². The zero-order valence-electron chi connectivity index (χ0n) is 13.5. The maximum absolute atomic E-state index is 13.1. The summed E-state index contributed by atoms with van der Waals surface area (Å²) in [5, 5.41) is 11.8. The summed E-state index contributed by atoms with van der Waals surface area (Å²) in [7, 11) is 0. The van der Waals surface area contributed by atoms with Crippen LogP contribution in [0.1, 0.15) is 21.5 Å². The van der Waals surface area contributed by atoms with E-state index in [1.165, 1.54) is 4.90 Å². The molecule has 6 heteroatoms. The van der Waals surface area contributed by atoms with Crippen LogP contribution in [0.5, 0.6) is 0 Å². The van der Waals surface area contributed by atoms with E-state index in [9.17, 15) is 9.90 Å². The number of amides is 1. The van der Waals surface area contributed by atoms with E-state index in [1.807, 2.05) is 12.1 Å². The molecule has 4 aromatic rings. The number of fused-ring (bicyclic) bond motifs is 2. The summed E-state index contributed by atoms with van der Waals surface area (Å²) < 4.78 is 0. The molecule has 0 aliphatic carbocycles. The maximum atomic E-state index is 13.1. The van der Waals surface area contributed by atoms with Gasteiger partial charge in [-0.25, -0.2) is 4.98 Å². The van der Waals surface area contributed by atoms with E-state index >= 15 is 0 Å². The molecule has 125 valence electrons. The van der Waals surface area contributed by atoms with E-state index in [2.05, 4.69) is 21.3 Å². The normalized spacial score (nSPS) is 19.1. The van der Waals surface area contributed by atoms with E-state index in [-0.39, 0.29) is 5.91 Å². The molecule has 0 saturated carbocycles. The molecule has 1 aliphatic rings. The zero-order valence-corrected chi connectivity index (χ0v) is 13.5. The van der Waals surface area contributed by atoms with Gasteiger partial charge in [0.1, 0.15) is 0 Å². The van der Waals surface area contributed by atoms with Crippen molar-refractivity contribution in [3.8, 4) is 0 Å². The van der Waals surface area contributed by atoms with Crippen LogP contribution in [0.4, 0.5) is 5.69 Å². The van der Waals surface area contributed by atoms with Gasteiger partial charge in [-0.3, -0.25) is 14.7 Å². The molecule has 1 unspecified atom stereocenters. The number of rotatable bonds is 2. The summed E-state index contributed by atoms with van der Waals surface area (Å²) in [5.74, 6) is -0.273. The number of carbonyl (C=O) groups is 1. The number of nitrogens with one attached hydrogen (secondary N) is 1. The Morgan fingerprint density at radius 2 is 2.00 bits per heavy atom. The highest BCUT2D eigenvalue weighted by Gasteiger charge is 2.50. The fourth-order valence-electron chi connectivity index (χ4n) is 3.53. The number of hydrogen-bond acceptors (Lipinski definition) is 4. The lowest BCUT2D eigenvalue weighted by Gasteiger charge is -2.34. The first-order chi connectivity index (χ1) is 12.7. The molecule has 0 fully saturated rings. The average Bonchev–Trinajstić information content (AvgIpc) is 3.24. The van der Waals surface area contributed by atoms with Crippen LogP contribution in [0.15, 0.2) is 67.0 Å². The molecule has 1 atom stereocenters. The number of nitrogens with zero attached hydrogens (tertiary/aromatic N) is 3. The minimum Gasteiger partial charge on any atom is -0.363 e.